The molecular weight excluding hydrogens is 416 g/mol. The number of carbonyl (C=O) groups is 5. The number of rotatable bonds is 9. The topological polar surface area (TPSA) is 159 Å². The van der Waals surface area contributed by atoms with Crippen molar-refractivity contribution in [3.05, 3.63) is 29.3 Å². The monoisotopic (exact) mass is 446 g/mol. The molecular formula is C22H30N4O6. The van der Waals surface area contributed by atoms with Crippen LogP contribution in [0.2, 0.25) is 0 Å². The zero-order valence-corrected chi connectivity index (χ0v) is 18.5. The molecule has 3 atom stereocenters. The molecule has 3 amide bonds. The molecule has 174 valence electrons. The molecule has 32 heavy (non-hydrogen) atoms. The predicted molar refractivity (Wildman–Crippen MR) is 117 cm³/mol. The van der Waals surface area contributed by atoms with Crippen LogP contribution in [0.4, 0.5) is 5.69 Å². The third-order valence-electron chi connectivity index (χ3n) is 5.56. The Morgan fingerprint density at radius 1 is 1.25 bits per heavy atom. The van der Waals surface area contributed by atoms with Crippen LogP contribution in [0.1, 0.15) is 49.0 Å². The Bertz CT molecular complexity index is 900. The number of amides is 3. The van der Waals surface area contributed by atoms with Crippen molar-refractivity contribution in [3.63, 3.8) is 0 Å². The largest absolute Gasteiger partial charge is 0.481 e. The maximum atomic E-state index is 13.3. The third-order valence-corrected chi connectivity index (χ3v) is 5.56. The summed E-state index contributed by atoms with van der Waals surface area (Å²) in [5, 5.41) is 14.0. The molecule has 1 fully saturated rings. The number of nitrogen functional groups attached to an aromatic ring is 1. The standard InChI is InChI=1S/C22H30N4O6/c1-12(2)19(25-20(30)15-6-4-7-16(23)13(15)3)22(32)26-9-5-8-17(26)21(31)24-14(11-27)10-18(28)29/h4,6-7,11-12,14,17,19H,5,8-10,23H2,1-3H3,(H,24,31)(H,25,30)(H,28,29)/t14-,17-,19-/m0/s1. The van der Waals surface area contributed by atoms with Crippen molar-refractivity contribution in [2.75, 3.05) is 12.3 Å². The van der Waals surface area contributed by atoms with Gasteiger partial charge in [-0.05, 0) is 43.4 Å². The number of hydrogen-bond donors (Lipinski definition) is 4. The number of nitrogens with two attached hydrogens (primary N) is 1. The lowest BCUT2D eigenvalue weighted by Gasteiger charge is -2.31. The first-order chi connectivity index (χ1) is 15.1. The van der Waals surface area contributed by atoms with Crippen LogP contribution in [-0.4, -0.2) is 64.7 Å². The van der Waals surface area contributed by atoms with Gasteiger partial charge in [0.1, 0.15) is 18.4 Å². The molecule has 0 unspecified atom stereocenters. The number of nitrogens with one attached hydrogen (secondary N) is 2. The molecule has 1 saturated heterocycles. The molecule has 1 aliphatic rings. The number of anilines is 1. The van der Waals surface area contributed by atoms with Crippen LogP contribution >= 0.6 is 0 Å². The quantitative estimate of drug-likeness (QED) is 0.317. The number of carbonyl (C=O) groups excluding carboxylic acids is 4. The average molecular weight is 447 g/mol. The number of likely N-dealkylation sites (tertiary alicyclic amines) is 1. The molecule has 1 aromatic carbocycles. The fraction of sp³-hybridized carbons (Fsp3) is 0.500. The molecule has 1 aromatic rings. The lowest BCUT2D eigenvalue weighted by Crippen LogP contribution is -2.56. The van der Waals surface area contributed by atoms with E-state index in [2.05, 4.69) is 10.6 Å². The Kier molecular flexibility index (Phi) is 8.34. The van der Waals surface area contributed by atoms with E-state index in [4.69, 9.17) is 10.8 Å². The number of carboxylic acids is 1. The molecule has 1 aliphatic heterocycles. The summed E-state index contributed by atoms with van der Waals surface area (Å²) >= 11 is 0. The van der Waals surface area contributed by atoms with E-state index < -0.39 is 48.2 Å². The first-order valence-corrected chi connectivity index (χ1v) is 10.5. The normalized spacial score (nSPS) is 17.5. The van der Waals surface area contributed by atoms with Crippen LogP contribution in [0.3, 0.4) is 0 Å². The summed E-state index contributed by atoms with van der Waals surface area (Å²) < 4.78 is 0. The summed E-state index contributed by atoms with van der Waals surface area (Å²) in [6, 6.07) is 2.07. The first-order valence-electron chi connectivity index (χ1n) is 10.5. The molecule has 5 N–H and O–H groups in total. The van der Waals surface area contributed by atoms with Gasteiger partial charge in [0.25, 0.3) is 5.91 Å². The fourth-order valence-corrected chi connectivity index (χ4v) is 3.71. The van der Waals surface area contributed by atoms with E-state index in [1.54, 1.807) is 39.0 Å². The Balaban J connectivity index is 2.16. The number of aliphatic carboxylic acids is 1. The highest BCUT2D eigenvalue weighted by atomic mass is 16.4. The summed E-state index contributed by atoms with van der Waals surface area (Å²) in [5.74, 6) is -2.92. The van der Waals surface area contributed by atoms with Gasteiger partial charge in [0.2, 0.25) is 11.8 Å². The van der Waals surface area contributed by atoms with E-state index in [1.807, 2.05) is 0 Å². The van der Waals surface area contributed by atoms with E-state index in [0.717, 1.165) is 0 Å². The van der Waals surface area contributed by atoms with Crippen molar-refractivity contribution in [2.24, 2.45) is 5.92 Å². The van der Waals surface area contributed by atoms with Crippen molar-refractivity contribution in [1.82, 2.24) is 15.5 Å². The number of hydrogen-bond acceptors (Lipinski definition) is 6. The molecule has 0 bridgehead atoms. The highest BCUT2D eigenvalue weighted by Crippen LogP contribution is 2.22. The van der Waals surface area contributed by atoms with Crippen molar-refractivity contribution in [3.8, 4) is 0 Å². The van der Waals surface area contributed by atoms with Gasteiger partial charge in [-0.3, -0.25) is 19.2 Å². The molecule has 2 rings (SSSR count). The van der Waals surface area contributed by atoms with Crippen molar-refractivity contribution in [1.29, 1.82) is 0 Å². The summed E-state index contributed by atoms with van der Waals surface area (Å²) in [7, 11) is 0. The summed E-state index contributed by atoms with van der Waals surface area (Å²) in [5.41, 5.74) is 7.32. The minimum Gasteiger partial charge on any atom is -0.481 e. The zero-order chi connectivity index (χ0) is 24.0. The van der Waals surface area contributed by atoms with Crippen molar-refractivity contribution >= 4 is 35.7 Å². The van der Waals surface area contributed by atoms with Gasteiger partial charge in [-0.15, -0.1) is 0 Å². The smallest absolute Gasteiger partial charge is 0.305 e. The second-order valence-corrected chi connectivity index (χ2v) is 8.25. The van der Waals surface area contributed by atoms with Gasteiger partial charge in [0.05, 0.1) is 12.5 Å². The van der Waals surface area contributed by atoms with Crippen LogP contribution in [-0.2, 0) is 19.2 Å². The Hall–Kier alpha value is -3.43. The number of benzene rings is 1. The highest BCUT2D eigenvalue weighted by molar-refractivity contribution is 6.00. The molecule has 0 saturated carbocycles. The highest BCUT2D eigenvalue weighted by Gasteiger charge is 2.39. The van der Waals surface area contributed by atoms with Crippen LogP contribution in [0.25, 0.3) is 0 Å². The minimum atomic E-state index is -1.22. The van der Waals surface area contributed by atoms with Crippen molar-refractivity contribution in [2.45, 2.75) is 58.2 Å². The maximum Gasteiger partial charge on any atom is 0.305 e. The van der Waals surface area contributed by atoms with Crippen molar-refractivity contribution < 1.29 is 29.1 Å². The maximum absolute atomic E-state index is 13.3. The van der Waals surface area contributed by atoms with E-state index in [9.17, 15) is 24.0 Å². The Morgan fingerprint density at radius 2 is 1.94 bits per heavy atom. The lowest BCUT2D eigenvalue weighted by atomic mass is 10.00. The molecule has 1 heterocycles. The molecule has 0 spiro atoms. The molecule has 10 nitrogen and oxygen atoms in total. The van der Waals surface area contributed by atoms with Gasteiger partial charge < -0.3 is 31.2 Å². The summed E-state index contributed by atoms with van der Waals surface area (Å²) in [6.45, 7) is 5.61. The second-order valence-electron chi connectivity index (χ2n) is 8.25. The Labute approximate surface area is 186 Å². The molecule has 0 aliphatic carbocycles. The van der Waals surface area contributed by atoms with Gasteiger partial charge in [0.15, 0.2) is 0 Å². The lowest BCUT2D eigenvalue weighted by molar-refractivity contribution is -0.142. The Morgan fingerprint density at radius 3 is 2.53 bits per heavy atom. The van der Waals surface area contributed by atoms with Crippen LogP contribution in [0.15, 0.2) is 18.2 Å². The minimum absolute atomic E-state index is 0.258. The number of carboxylic acid groups (broad SMARTS) is 1. The average Bonchev–Trinajstić information content (AvgIpc) is 3.22. The van der Waals surface area contributed by atoms with Crippen LogP contribution < -0.4 is 16.4 Å². The van der Waals surface area contributed by atoms with E-state index in [0.29, 0.717) is 42.5 Å². The third kappa shape index (κ3) is 5.83. The van der Waals surface area contributed by atoms with E-state index >= 15 is 0 Å². The van der Waals surface area contributed by atoms with Crippen LogP contribution in [0.5, 0.6) is 0 Å². The first kappa shape index (κ1) is 24.8. The summed E-state index contributed by atoms with van der Waals surface area (Å²) in [6.07, 6.45) is 0.767. The van der Waals surface area contributed by atoms with Gasteiger partial charge in [-0.2, -0.15) is 0 Å². The predicted octanol–water partition coefficient (Wildman–Crippen LogP) is 0.481. The fourth-order valence-electron chi connectivity index (χ4n) is 3.71. The molecule has 0 aromatic heterocycles. The zero-order valence-electron chi connectivity index (χ0n) is 18.5. The molecule has 0 radical (unpaired) electrons. The van der Waals surface area contributed by atoms with Gasteiger partial charge >= 0.3 is 5.97 Å². The SMILES string of the molecule is Cc1c(N)cccc1C(=O)N[C@H](C(=O)N1CCC[C@H]1C(=O)N[C@H](C=O)CC(=O)O)C(C)C. The van der Waals surface area contributed by atoms with Gasteiger partial charge in [0, 0.05) is 17.8 Å². The number of nitrogens with zero attached hydrogens (tertiary/aromatic N) is 1. The van der Waals surface area contributed by atoms with Crippen LogP contribution in [0, 0.1) is 12.8 Å². The van der Waals surface area contributed by atoms with E-state index in [-0.39, 0.29) is 5.92 Å². The van der Waals surface area contributed by atoms with Gasteiger partial charge in [-0.1, -0.05) is 19.9 Å². The van der Waals surface area contributed by atoms with E-state index in [1.165, 1.54) is 4.90 Å². The number of aldehydes is 1. The second kappa shape index (κ2) is 10.7. The summed E-state index contributed by atoms with van der Waals surface area (Å²) in [4.78, 5) is 62.1. The molecule has 10 heteroatoms. The van der Waals surface area contributed by atoms with Gasteiger partial charge in [-0.25, -0.2) is 0 Å².